The summed E-state index contributed by atoms with van der Waals surface area (Å²) in [7, 11) is -3.12. The molecule has 0 radical (unpaired) electrons. The van der Waals surface area contributed by atoms with Crippen LogP contribution >= 0.6 is 15.9 Å². The molecular formula is C12H13BrF2O3S. The number of hydrogen-bond donors (Lipinski definition) is 1. The van der Waals surface area contributed by atoms with Crippen molar-refractivity contribution in [1.82, 2.24) is 0 Å². The summed E-state index contributed by atoms with van der Waals surface area (Å²) in [5, 5.41) is 9.96. The third kappa shape index (κ3) is 3.32. The Morgan fingerprint density at radius 3 is 2.68 bits per heavy atom. The Morgan fingerprint density at radius 1 is 1.42 bits per heavy atom. The van der Waals surface area contributed by atoms with Gasteiger partial charge in [-0.15, -0.1) is 0 Å². The van der Waals surface area contributed by atoms with Gasteiger partial charge in [-0.25, -0.2) is 17.2 Å². The molecule has 2 atom stereocenters. The van der Waals surface area contributed by atoms with E-state index in [1.807, 2.05) is 0 Å². The van der Waals surface area contributed by atoms with Crippen molar-refractivity contribution in [2.24, 2.45) is 5.92 Å². The van der Waals surface area contributed by atoms with Crippen LogP contribution in [0.3, 0.4) is 0 Å². The van der Waals surface area contributed by atoms with Crippen LogP contribution in [0.2, 0.25) is 0 Å². The lowest BCUT2D eigenvalue weighted by Crippen LogP contribution is -2.25. The molecule has 19 heavy (non-hydrogen) atoms. The second kappa shape index (κ2) is 5.46. The fourth-order valence-electron chi connectivity index (χ4n) is 2.26. The van der Waals surface area contributed by atoms with Gasteiger partial charge in [-0.2, -0.15) is 0 Å². The number of halogens is 3. The van der Waals surface area contributed by atoms with Crippen LogP contribution in [0.5, 0.6) is 0 Å². The number of aliphatic hydroxyl groups excluding tert-OH is 1. The van der Waals surface area contributed by atoms with Crippen molar-refractivity contribution >= 4 is 25.8 Å². The minimum atomic E-state index is -3.12. The van der Waals surface area contributed by atoms with E-state index in [1.54, 1.807) is 0 Å². The standard InChI is InChI=1S/C12H13BrF2O3S/c13-9-1-2-10(14)8(12(9)15)5-11(16)7-3-4-19(17,18)6-7/h1-2,7,11,16H,3-6H2. The maximum absolute atomic E-state index is 13.7. The van der Waals surface area contributed by atoms with Crippen molar-refractivity contribution < 1.29 is 22.3 Å². The Balaban J connectivity index is 2.16. The van der Waals surface area contributed by atoms with Gasteiger partial charge in [0.05, 0.1) is 22.1 Å². The van der Waals surface area contributed by atoms with Gasteiger partial charge >= 0.3 is 0 Å². The average molecular weight is 355 g/mol. The SMILES string of the molecule is O=S1(=O)CCC(C(O)Cc2c(F)ccc(Br)c2F)C1. The summed E-state index contributed by atoms with van der Waals surface area (Å²) in [5.74, 6) is -2.04. The first-order valence-corrected chi connectivity index (χ1v) is 8.42. The molecule has 3 nitrogen and oxygen atoms in total. The zero-order valence-electron chi connectivity index (χ0n) is 9.94. The lowest BCUT2D eigenvalue weighted by molar-refractivity contribution is 0.118. The smallest absolute Gasteiger partial charge is 0.150 e. The molecule has 1 aliphatic heterocycles. The molecular weight excluding hydrogens is 342 g/mol. The van der Waals surface area contributed by atoms with Crippen LogP contribution in [0.25, 0.3) is 0 Å². The van der Waals surface area contributed by atoms with Gasteiger partial charge in [-0.3, -0.25) is 0 Å². The van der Waals surface area contributed by atoms with Crippen molar-refractivity contribution in [3.05, 3.63) is 33.8 Å². The van der Waals surface area contributed by atoms with E-state index in [2.05, 4.69) is 15.9 Å². The zero-order valence-corrected chi connectivity index (χ0v) is 12.3. The minimum absolute atomic E-state index is 0.0260. The molecule has 1 aromatic rings. The topological polar surface area (TPSA) is 54.4 Å². The Morgan fingerprint density at radius 2 is 2.11 bits per heavy atom. The molecule has 1 saturated heterocycles. The highest BCUT2D eigenvalue weighted by atomic mass is 79.9. The lowest BCUT2D eigenvalue weighted by atomic mass is 9.95. The summed E-state index contributed by atoms with van der Waals surface area (Å²) in [6.07, 6.45) is -0.950. The van der Waals surface area contributed by atoms with E-state index in [1.165, 1.54) is 6.07 Å². The molecule has 1 aliphatic rings. The molecule has 0 spiro atoms. The molecule has 2 rings (SSSR count). The third-order valence-electron chi connectivity index (χ3n) is 3.36. The second-order valence-electron chi connectivity index (χ2n) is 4.76. The summed E-state index contributed by atoms with van der Waals surface area (Å²) in [6, 6.07) is 2.36. The zero-order chi connectivity index (χ0) is 14.2. The van der Waals surface area contributed by atoms with E-state index in [0.29, 0.717) is 6.42 Å². The van der Waals surface area contributed by atoms with Crippen molar-refractivity contribution in [1.29, 1.82) is 0 Å². The largest absolute Gasteiger partial charge is 0.392 e. The van der Waals surface area contributed by atoms with Crippen LogP contribution in [-0.2, 0) is 16.3 Å². The van der Waals surface area contributed by atoms with Gasteiger partial charge in [0.1, 0.15) is 11.6 Å². The Hall–Kier alpha value is -0.530. The number of hydrogen-bond acceptors (Lipinski definition) is 3. The van der Waals surface area contributed by atoms with E-state index < -0.39 is 33.5 Å². The van der Waals surface area contributed by atoms with Gasteiger partial charge in [-0.1, -0.05) is 0 Å². The maximum Gasteiger partial charge on any atom is 0.150 e. The molecule has 0 bridgehead atoms. The Kier molecular flexibility index (Phi) is 4.27. The van der Waals surface area contributed by atoms with E-state index in [4.69, 9.17) is 0 Å². The molecule has 0 aliphatic carbocycles. The van der Waals surface area contributed by atoms with E-state index >= 15 is 0 Å². The van der Waals surface area contributed by atoms with Gasteiger partial charge in [-0.05, 0) is 34.5 Å². The van der Waals surface area contributed by atoms with Gasteiger partial charge in [0, 0.05) is 17.9 Å². The predicted molar refractivity (Wildman–Crippen MR) is 70.5 cm³/mol. The van der Waals surface area contributed by atoms with Crippen LogP contribution in [0, 0.1) is 17.6 Å². The Bertz CT molecular complexity index is 589. The van der Waals surface area contributed by atoms with Crippen molar-refractivity contribution in [3.8, 4) is 0 Å². The molecule has 106 valence electrons. The van der Waals surface area contributed by atoms with Crippen molar-refractivity contribution in [3.63, 3.8) is 0 Å². The van der Waals surface area contributed by atoms with Gasteiger partial charge in [0.15, 0.2) is 9.84 Å². The molecule has 1 fully saturated rings. The summed E-state index contributed by atoms with van der Waals surface area (Å²) in [6.45, 7) is 0. The number of rotatable bonds is 3. The van der Waals surface area contributed by atoms with Gasteiger partial charge < -0.3 is 5.11 Å². The van der Waals surface area contributed by atoms with Crippen LogP contribution in [0.1, 0.15) is 12.0 Å². The Labute approximate surface area is 118 Å². The number of sulfone groups is 1. The fourth-order valence-corrected chi connectivity index (χ4v) is 4.50. The monoisotopic (exact) mass is 354 g/mol. The highest BCUT2D eigenvalue weighted by Crippen LogP contribution is 2.27. The van der Waals surface area contributed by atoms with E-state index in [-0.39, 0.29) is 28.0 Å². The normalized spacial score (nSPS) is 23.5. The molecule has 0 amide bonds. The molecule has 0 aromatic heterocycles. The molecule has 2 unspecified atom stereocenters. The first kappa shape index (κ1) is 14.9. The molecule has 1 N–H and O–H groups in total. The summed E-state index contributed by atoms with van der Waals surface area (Å²) < 4.78 is 50.0. The van der Waals surface area contributed by atoms with Crippen LogP contribution in [0.15, 0.2) is 16.6 Å². The molecule has 0 saturated carbocycles. The minimum Gasteiger partial charge on any atom is -0.392 e. The van der Waals surface area contributed by atoms with Gasteiger partial charge in [0.2, 0.25) is 0 Å². The number of aliphatic hydroxyl groups is 1. The highest BCUT2D eigenvalue weighted by molar-refractivity contribution is 9.10. The molecule has 7 heteroatoms. The lowest BCUT2D eigenvalue weighted by Gasteiger charge is -2.17. The van der Waals surface area contributed by atoms with Gasteiger partial charge in [0.25, 0.3) is 0 Å². The highest BCUT2D eigenvalue weighted by Gasteiger charge is 2.33. The maximum atomic E-state index is 13.7. The molecule has 1 aromatic carbocycles. The van der Waals surface area contributed by atoms with Crippen LogP contribution in [-0.4, -0.2) is 31.1 Å². The molecule has 1 heterocycles. The average Bonchev–Trinajstić information content (AvgIpc) is 2.70. The number of benzene rings is 1. The first-order chi connectivity index (χ1) is 8.80. The predicted octanol–water partition coefficient (Wildman–Crippen LogP) is 2.07. The van der Waals surface area contributed by atoms with Crippen LogP contribution in [0.4, 0.5) is 8.78 Å². The van der Waals surface area contributed by atoms with Crippen LogP contribution < -0.4 is 0 Å². The fraction of sp³-hybridized carbons (Fsp3) is 0.500. The second-order valence-corrected chi connectivity index (χ2v) is 7.84. The van der Waals surface area contributed by atoms with E-state index in [9.17, 15) is 22.3 Å². The third-order valence-corrected chi connectivity index (χ3v) is 5.77. The quantitative estimate of drug-likeness (QED) is 0.845. The van der Waals surface area contributed by atoms with Crippen molar-refractivity contribution in [2.45, 2.75) is 18.9 Å². The summed E-state index contributed by atoms with van der Waals surface area (Å²) in [5.41, 5.74) is -0.217. The van der Waals surface area contributed by atoms with Crippen molar-refractivity contribution in [2.75, 3.05) is 11.5 Å². The first-order valence-electron chi connectivity index (χ1n) is 5.81. The summed E-state index contributed by atoms with van der Waals surface area (Å²) in [4.78, 5) is 0. The summed E-state index contributed by atoms with van der Waals surface area (Å²) >= 11 is 2.95. The van der Waals surface area contributed by atoms with E-state index in [0.717, 1.165) is 6.07 Å².